The first-order valence-corrected chi connectivity index (χ1v) is 8.84. The Morgan fingerprint density at radius 3 is 2.81 bits per heavy atom. The number of methoxy groups -OCH3 is 1. The van der Waals surface area contributed by atoms with Gasteiger partial charge < -0.3 is 14.2 Å². The summed E-state index contributed by atoms with van der Waals surface area (Å²) < 4.78 is 16.4. The maximum atomic E-state index is 11.5. The molecule has 0 aliphatic carbocycles. The third-order valence-corrected chi connectivity index (χ3v) is 3.91. The zero-order valence-corrected chi connectivity index (χ0v) is 16.5. The molecule has 0 atom stereocenters. The molecule has 0 saturated carbocycles. The van der Waals surface area contributed by atoms with Gasteiger partial charge in [0.1, 0.15) is 0 Å². The van der Waals surface area contributed by atoms with E-state index in [1.54, 1.807) is 19.2 Å². The molecule has 0 radical (unpaired) electrons. The van der Waals surface area contributed by atoms with Crippen molar-refractivity contribution >= 4 is 33.8 Å². The van der Waals surface area contributed by atoms with Crippen molar-refractivity contribution in [2.75, 3.05) is 25.7 Å². The highest BCUT2D eigenvalue weighted by atomic mass is 79.9. The van der Waals surface area contributed by atoms with E-state index in [4.69, 9.17) is 14.2 Å². The molecule has 0 amide bonds. The van der Waals surface area contributed by atoms with E-state index >= 15 is 0 Å². The van der Waals surface area contributed by atoms with E-state index in [2.05, 4.69) is 26.5 Å². The summed E-state index contributed by atoms with van der Waals surface area (Å²) in [5, 5.41) is 4.23. The SMILES string of the molecule is CCOC(=O)COc1c(Br)cc(/C=N\Nc2cccc(C)c2)cc1OC. The molecule has 0 aliphatic heterocycles. The van der Waals surface area contributed by atoms with E-state index in [1.807, 2.05) is 37.3 Å². The zero-order chi connectivity index (χ0) is 18.9. The Bertz CT molecular complexity index is 793. The minimum atomic E-state index is -0.436. The second-order valence-corrected chi connectivity index (χ2v) is 6.22. The van der Waals surface area contributed by atoms with Gasteiger partial charge in [0, 0.05) is 0 Å². The number of hydrogen-bond donors (Lipinski definition) is 1. The van der Waals surface area contributed by atoms with Gasteiger partial charge in [-0.15, -0.1) is 0 Å². The average molecular weight is 421 g/mol. The number of rotatable bonds is 8. The molecule has 7 heteroatoms. The number of anilines is 1. The maximum absolute atomic E-state index is 11.5. The number of carbonyl (C=O) groups is 1. The van der Waals surface area contributed by atoms with Crippen LogP contribution in [0.5, 0.6) is 11.5 Å². The molecule has 2 aromatic carbocycles. The third kappa shape index (κ3) is 5.77. The summed E-state index contributed by atoms with van der Waals surface area (Å²) in [6.07, 6.45) is 1.67. The van der Waals surface area contributed by atoms with Crippen molar-refractivity contribution < 1.29 is 19.0 Å². The molecular weight excluding hydrogens is 400 g/mol. The van der Waals surface area contributed by atoms with Crippen LogP contribution in [0.15, 0.2) is 46.0 Å². The highest BCUT2D eigenvalue weighted by molar-refractivity contribution is 9.10. The fraction of sp³-hybridized carbons (Fsp3) is 0.263. The third-order valence-electron chi connectivity index (χ3n) is 3.32. The molecule has 0 fully saturated rings. The van der Waals surface area contributed by atoms with Crippen molar-refractivity contribution in [1.29, 1.82) is 0 Å². The lowest BCUT2D eigenvalue weighted by Gasteiger charge is -2.13. The van der Waals surface area contributed by atoms with Crippen molar-refractivity contribution in [3.63, 3.8) is 0 Å². The Kier molecular flexibility index (Phi) is 7.47. The number of nitrogens with one attached hydrogen (secondary N) is 1. The van der Waals surface area contributed by atoms with Crippen LogP contribution >= 0.6 is 15.9 Å². The number of hydrogen-bond acceptors (Lipinski definition) is 6. The monoisotopic (exact) mass is 420 g/mol. The van der Waals surface area contributed by atoms with Crippen LogP contribution in [-0.2, 0) is 9.53 Å². The first-order chi connectivity index (χ1) is 12.5. The molecule has 0 unspecified atom stereocenters. The Labute approximate surface area is 161 Å². The lowest BCUT2D eigenvalue weighted by atomic mass is 10.2. The highest BCUT2D eigenvalue weighted by Crippen LogP contribution is 2.36. The van der Waals surface area contributed by atoms with Crippen molar-refractivity contribution in [2.24, 2.45) is 5.10 Å². The summed E-state index contributed by atoms with van der Waals surface area (Å²) in [5.74, 6) is 0.486. The Hall–Kier alpha value is -2.54. The molecule has 0 aliphatic rings. The summed E-state index contributed by atoms with van der Waals surface area (Å²) >= 11 is 3.44. The summed E-state index contributed by atoms with van der Waals surface area (Å²) in [6.45, 7) is 3.88. The highest BCUT2D eigenvalue weighted by Gasteiger charge is 2.13. The predicted molar refractivity (Wildman–Crippen MR) is 105 cm³/mol. The number of halogens is 1. The molecule has 0 heterocycles. The summed E-state index contributed by atoms with van der Waals surface area (Å²) in [4.78, 5) is 11.5. The minimum Gasteiger partial charge on any atom is -0.493 e. The van der Waals surface area contributed by atoms with Gasteiger partial charge in [-0.2, -0.15) is 5.10 Å². The minimum absolute atomic E-state index is 0.189. The van der Waals surface area contributed by atoms with Gasteiger partial charge in [-0.3, -0.25) is 5.43 Å². The molecule has 0 aromatic heterocycles. The van der Waals surface area contributed by atoms with E-state index in [1.165, 1.54) is 7.11 Å². The van der Waals surface area contributed by atoms with Crippen LogP contribution in [0.3, 0.4) is 0 Å². The van der Waals surface area contributed by atoms with Crippen molar-refractivity contribution in [2.45, 2.75) is 13.8 Å². The maximum Gasteiger partial charge on any atom is 0.344 e. The molecular formula is C19H21BrN2O4. The second kappa shape index (κ2) is 9.82. The van der Waals surface area contributed by atoms with E-state index in [0.717, 1.165) is 16.8 Å². The number of carbonyl (C=O) groups excluding carboxylic acids is 1. The smallest absolute Gasteiger partial charge is 0.344 e. The van der Waals surface area contributed by atoms with Crippen LogP contribution in [0.4, 0.5) is 5.69 Å². The lowest BCUT2D eigenvalue weighted by molar-refractivity contribution is -0.145. The van der Waals surface area contributed by atoms with Crippen molar-refractivity contribution in [1.82, 2.24) is 0 Å². The van der Waals surface area contributed by atoms with Crippen LogP contribution in [0.25, 0.3) is 0 Å². The van der Waals surface area contributed by atoms with Crippen molar-refractivity contribution in [3.8, 4) is 11.5 Å². The molecule has 0 saturated heterocycles. The molecule has 0 bridgehead atoms. The van der Waals surface area contributed by atoms with Crippen LogP contribution in [0.1, 0.15) is 18.1 Å². The predicted octanol–water partition coefficient (Wildman–Crippen LogP) is 4.15. The molecule has 1 N–H and O–H groups in total. The van der Waals surface area contributed by atoms with Gasteiger partial charge >= 0.3 is 5.97 Å². The Balaban J connectivity index is 2.09. The molecule has 2 aromatic rings. The number of ether oxygens (including phenoxy) is 3. The molecule has 2 rings (SSSR count). The average Bonchev–Trinajstić information content (AvgIpc) is 2.60. The summed E-state index contributed by atoms with van der Waals surface area (Å²) in [5.41, 5.74) is 5.84. The van der Waals surface area contributed by atoms with E-state index in [9.17, 15) is 4.79 Å². The van der Waals surface area contributed by atoms with Crippen LogP contribution in [0, 0.1) is 6.92 Å². The van der Waals surface area contributed by atoms with Gasteiger partial charge in [0.2, 0.25) is 0 Å². The fourth-order valence-electron chi connectivity index (χ4n) is 2.18. The zero-order valence-electron chi connectivity index (χ0n) is 14.9. The van der Waals surface area contributed by atoms with Gasteiger partial charge in [-0.05, 0) is 65.2 Å². The van der Waals surface area contributed by atoms with E-state index < -0.39 is 5.97 Å². The van der Waals surface area contributed by atoms with Gasteiger partial charge in [-0.1, -0.05) is 12.1 Å². The standard InChI is InChI=1S/C19H21BrN2O4/c1-4-25-18(23)12-26-19-16(20)9-14(10-17(19)24-3)11-21-22-15-7-5-6-13(2)8-15/h5-11,22H,4,12H2,1-3H3/b21-11-. The number of aryl methyl sites for hydroxylation is 1. The van der Waals surface area contributed by atoms with Gasteiger partial charge in [-0.25, -0.2) is 4.79 Å². The Morgan fingerprint density at radius 2 is 2.12 bits per heavy atom. The van der Waals surface area contributed by atoms with Crippen LogP contribution in [-0.4, -0.2) is 32.5 Å². The quantitative estimate of drug-likeness (QED) is 0.394. The summed E-state index contributed by atoms with van der Waals surface area (Å²) in [7, 11) is 1.53. The second-order valence-electron chi connectivity index (χ2n) is 5.37. The fourth-order valence-corrected chi connectivity index (χ4v) is 2.76. The molecule has 26 heavy (non-hydrogen) atoms. The van der Waals surface area contributed by atoms with Crippen LogP contribution < -0.4 is 14.9 Å². The first-order valence-electron chi connectivity index (χ1n) is 8.05. The van der Waals surface area contributed by atoms with Crippen LogP contribution in [0.2, 0.25) is 0 Å². The normalized spacial score (nSPS) is 10.6. The number of benzene rings is 2. The van der Waals surface area contributed by atoms with Crippen molar-refractivity contribution in [3.05, 3.63) is 52.0 Å². The Morgan fingerprint density at radius 1 is 1.31 bits per heavy atom. The number of hydrazone groups is 1. The number of nitrogens with zero attached hydrogens (tertiary/aromatic N) is 1. The van der Waals surface area contributed by atoms with E-state index in [-0.39, 0.29) is 6.61 Å². The van der Waals surface area contributed by atoms with Gasteiger partial charge in [0.05, 0.1) is 30.1 Å². The topological polar surface area (TPSA) is 69.2 Å². The first kappa shape index (κ1) is 19.8. The largest absolute Gasteiger partial charge is 0.493 e. The lowest BCUT2D eigenvalue weighted by Crippen LogP contribution is -2.15. The molecule has 6 nitrogen and oxygen atoms in total. The van der Waals surface area contributed by atoms with Gasteiger partial charge in [0.15, 0.2) is 18.1 Å². The van der Waals surface area contributed by atoms with E-state index in [0.29, 0.717) is 22.6 Å². The molecule has 0 spiro atoms. The number of esters is 1. The molecule has 138 valence electrons. The van der Waals surface area contributed by atoms with Gasteiger partial charge in [0.25, 0.3) is 0 Å². The summed E-state index contributed by atoms with van der Waals surface area (Å²) in [6, 6.07) is 11.5.